The molecule has 0 aromatic carbocycles. The van der Waals surface area contributed by atoms with Gasteiger partial charge in [-0.1, -0.05) is 0 Å². The molecular weight excluding hydrogens is 262 g/mol. The van der Waals surface area contributed by atoms with Gasteiger partial charge in [-0.05, 0) is 19.3 Å². The van der Waals surface area contributed by atoms with Crippen molar-refractivity contribution in [1.82, 2.24) is 15.2 Å². The lowest BCUT2D eigenvalue weighted by molar-refractivity contribution is -0.135. The summed E-state index contributed by atoms with van der Waals surface area (Å²) in [4.78, 5) is 29.8. The zero-order valence-corrected chi connectivity index (χ0v) is 11.5. The Bertz CT molecular complexity index is 474. The molecule has 0 spiro atoms. The van der Waals surface area contributed by atoms with Gasteiger partial charge in [-0.15, -0.1) is 11.3 Å². The van der Waals surface area contributed by atoms with Crippen LogP contribution >= 0.6 is 11.3 Å². The number of thiazole rings is 1. The van der Waals surface area contributed by atoms with Gasteiger partial charge in [0, 0.05) is 37.0 Å². The third-order valence-electron chi connectivity index (χ3n) is 3.83. The molecule has 0 radical (unpaired) electrons. The summed E-state index contributed by atoms with van der Waals surface area (Å²) in [7, 11) is 0. The molecule has 2 aliphatic rings. The second kappa shape index (κ2) is 5.28. The van der Waals surface area contributed by atoms with Gasteiger partial charge in [0.2, 0.25) is 11.8 Å². The van der Waals surface area contributed by atoms with E-state index in [-0.39, 0.29) is 17.9 Å². The van der Waals surface area contributed by atoms with Gasteiger partial charge in [0.05, 0.1) is 5.01 Å². The Morgan fingerprint density at radius 3 is 3.05 bits per heavy atom. The van der Waals surface area contributed by atoms with Crippen molar-refractivity contribution < 1.29 is 9.59 Å². The van der Waals surface area contributed by atoms with Gasteiger partial charge < -0.3 is 10.2 Å². The average molecular weight is 279 g/mol. The number of carbonyl (C=O) groups excluding carboxylic acids is 2. The Kier molecular flexibility index (Phi) is 3.50. The van der Waals surface area contributed by atoms with Crippen LogP contribution in [0.4, 0.5) is 0 Å². The topological polar surface area (TPSA) is 62.3 Å². The number of hydrogen-bond donors (Lipinski definition) is 1. The van der Waals surface area contributed by atoms with Crippen molar-refractivity contribution in [2.45, 2.75) is 37.6 Å². The molecule has 2 aliphatic heterocycles. The SMILES string of the molecule is O=C1CC[C@@H](C(=O)N2CCC[C@H](c3nccs3)C2)N1. The highest BCUT2D eigenvalue weighted by atomic mass is 32.1. The predicted octanol–water partition coefficient (Wildman–Crippen LogP) is 1.13. The molecule has 3 heterocycles. The second-order valence-electron chi connectivity index (χ2n) is 5.15. The van der Waals surface area contributed by atoms with Crippen LogP contribution in [0, 0.1) is 0 Å². The smallest absolute Gasteiger partial charge is 0.245 e. The molecule has 3 rings (SSSR count). The van der Waals surface area contributed by atoms with Gasteiger partial charge >= 0.3 is 0 Å². The molecule has 2 atom stereocenters. The summed E-state index contributed by atoms with van der Waals surface area (Å²) in [5, 5.41) is 5.86. The normalized spacial score (nSPS) is 27.4. The van der Waals surface area contributed by atoms with E-state index >= 15 is 0 Å². The average Bonchev–Trinajstić information content (AvgIpc) is 3.09. The zero-order chi connectivity index (χ0) is 13.2. The number of nitrogens with zero attached hydrogens (tertiary/aromatic N) is 2. The summed E-state index contributed by atoms with van der Waals surface area (Å²) in [5.74, 6) is 0.425. The molecule has 19 heavy (non-hydrogen) atoms. The molecule has 1 N–H and O–H groups in total. The van der Waals surface area contributed by atoms with Crippen molar-refractivity contribution in [2.24, 2.45) is 0 Å². The molecule has 0 unspecified atom stereocenters. The lowest BCUT2D eigenvalue weighted by atomic mass is 9.98. The van der Waals surface area contributed by atoms with Crippen LogP contribution in [0.3, 0.4) is 0 Å². The fourth-order valence-corrected chi connectivity index (χ4v) is 3.60. The molecule has 5 nitrogen and oxygen atoms in total. The Hall–Kier alpha value is -1.43. The maximum atomic E-state index is 12.4. The van der Waals surface area contributed by atoms with Crippen molar-refractivity contribution in [1.29, 1.82) is 0 Å². The highest BCUT2D eigenvalue weighted by molar-refractivity contribution is 7.09. The minimum absolute atomic E-state index is 0.00756. The lowest BCUT2D eigenvalue weighted by Crippen LogP contribution is -2.47. The van der Waals surface area contributed by atoms with E-state index < -0.39 is 0 Å². The largest absolute Gasteiger partial charge is 0.344 e. The minimum Gasteiger partial charge on any atom is -0.344 e. The van der Waals surface area contributed by atoms with E-state index in [1.54, 1.807) is 11.3 Å². The summed E-state index contributed by atoms with van der Waals surface area (Å²) >= 11 is 1.66. The first-order valence-corrected chi connectivity index (χ1v) is 7.59. The Labute approximate surface area is 116 Å². The Morgan fingerprint density at radius 2 is 2.37 bits per heavy atom. The standard InChI is InChI=1S/C13H17N3O2S/c17-11-4-3-10(15-11)13(18)16-6-1-2-9(8-16)12-14-5-7-19-12/h5,7,9-10H,1-4,6,8H2,(H,15,17)/t9-,10-/m0/s1. The van der Waals surface area contributed by atoms with Crippen molar-refractivity contribution >= 4 is 23.2 Å². The van der Waals surface area contributed by atoms with Crippen LogP contribution in [0.15, 0.2) is 11.6 Å². The number of carbonyl (C=O) groups is 2. The molecule has 0 bridgehead atoms. The van der Waals surface area contributed by atoms with Gasteiger partial charge in [0.15, 0.2) is 0 Å². The van der Waals surface area contributed by atoms with E-state index in [9.17, 15) is 9.59 Å². The molecule has 2 saturated heterocycles. The summed E-state index contributed by atoms with van der Waals surface area (Å²) in [6.07, 6.45) is 5.03. The molecule has 2 fully saturated rings. The molecule has 6 heteroatoms. The first kappa shape index (κ1) is 12.6. The predicted molar refractivity (Wildman–Crippen MR) is 71.8 cm³/mol. The molecule has 0 aliphatic carbocycles. The first-order valence-electron chi connectivity index (χ1n) is 6.71. The number of hydrogen-bond acceptors (Lipinski definition) is 4. The molecule has 0 saturated carbocycles. The van der Waals surface area contributed by atoms with E-state index in [4.69, 9.17) is 0 Å². The summed E-state index contributed by atoms with van der Waals surface area (Å²) in [6, 6.07) is -0.303. The van der Waals surface area contributed by atoms with Crippen molar-refractivity contribution in [3.05, 3.63) is 16.6 Å². The first-order chi connectivity index (χ1) is 9.24. The summed E-state index contributed by atoms with van der Waals surface area (Å²) < 4.78 is 0. The fourth-order valence-electron chi connectivity index (χ4n) is 2.83. The monoisotopic (exact) mass is 279 g/mol. The molecule has 2 amide bonds. The number of piperidine rings is 1. The highest BCUT2D eigenvalue weighted by Gasteiger charge is 2.33. The van der Waals surface area contributed by atoms with Crippen LogP contribution in [-0.2, 0) is 9.59 Å². The van der Waals surface area contributed by atoms with Gasteiger partial charge in [0.25, 0.3) is 0 Å². The summed E-state index contributed by atoms with van der Waals surface area (Å²) in [5.41, 5.74) is 0. The summed E-state index contributed by atoms with van der Waals surface area (Å²) in [6.45, 7) is 1.53. The Balaban J connectivity index is 1.65. The number of likely N-dealkylation sites (tertiary alicyclic amines) is 1. The number of amides is 2. The van der Waals surface area contributed by atoms with E-state index in [2.05, 4.69) is 10.3 Å². The van der Waals surface area contributed by atoms with E-state index in [1.165, 1.54) is 0 Å². The molecule has 1 aromatic rings. The van der Waals surface area contributed by atoms with Crippen LogP contribution in [0.25, 0.3) is 0 Å². The fraction of sp³-hybridized carbons (Fsp3) is 0.615. The van der Waals surface area contributed by atoms with Crippen molar-refractivity contribution in [2.75, 3.05) is 13.1 Å². The number of nitrogens with one attached hydrogen (secondary N) is 1. The maximum absolute atomic E-state index is 12.4. The Morgan fingerprint density at radius 1 is 1.47 bits per heavy atom. The zero-order valence-electron chi connectivity index (χ0n) is 10.7. The van der Waals surface area contributed by atoms with Crippen LogP contribution in [-0.4, -0.2) is 40.8 Å². The van der Waals surface area contributed by atoms with Crippen LogP contribution < -0.4 is 5.32 Å². The number of aromatic nitrogens is 1. The van der Waals surface area contributed by atoms with E-state index in [0.717, 1.165) is 30.9 Å². The number of rotatable bonds is 2. The lowest BCUT2D eigenvalue weighted by Gasteiger charge is -2.33. The second-order valence-corrected chi connectivity index (χ2v) is 6.08. The van der Waals surface area contributed by atoms with Gasteiger partial charge in [-0.2, -0.15) is 0 Å². The van der Waals surface area contributed by atoms with E-state index in [1.807, 2.05) is 16.5 Å². The third kappa shape index (κ3) is 2.63. The molecule has 102 valence electrons. The van der Waals surface area contributed by atoms with Crippen LogP contribution in [0.1, 0.15) is 36.6 Å². The van der Waals surface area contributed by atoms with Gasteiger partial charge in [-0.25, -0.2) is 4.98 Å². The minimum atomic E-state index is -0.303. The van der Waals surface area contributed by atoms with Crippen LogP contribution in [0.5, 0.6) is 0 Å². The highest BCUT2D eigenvalue weighted by Crippen LogP contribution is 2.28. The molecular formula is C13H17N3O2S. The van der Waals surface area contributed by atoms with E-state index in [0.29, 0.717) is 18.8 Å². The quantitative estimate of drug-likeness (QED) is 0.882. The third-order valence-corrected chi connectivity index (χ3v) is 4.77. The van der Waals surface area contributed by atoms with Crippen LogP contribution in [0.2, 0.25) is 0 Å². The van der Waals surface area contributed by atoms with Crippen molar-refractivity contribution in [3.8, 4) is 0 Å². The van der Waals surface area contributed by atoms with Gasteiger partial charge in [-0.3, -0.25) is 9.59 Å². The maximum Gasteiger partial charge on any atom is 0.245 e. The van der Waals surface area contributed by atoms with Gasteiger partial charge in [0.1, 0.15) is 6.04 Å². The molecule has 1 aromatic heterocycles. The van der Waals surface area contributed by atoms with Crippen molar-refractivity contribution in [3.63, 3.8) is 0 Å².